The van der Waals surface area contributed by atoms with Crippen LogP contribution in [0.5, 0.6) is 5.75 Å². The minimum Gasteiger partial charge on any atom is -0.479 e. The maximum atomic E-state index is 14.5. The topological polar surface area (TPSA) is 161 Å². The Hall–Kier alpha value is -3.76. The third-order valence-electron chi connectivity index (χ3n) is 5.25. The van der Waals surface area contributed by atoms with Crippen LogP contribution in [-0.4, -0.2) is 74.5 Å². The Morgan fingerprint density at radius 3 is 2.55 bits per heavy atom. The second-order valence-electron chi connectivity index (χ2n) is 8.27. The summed E-state index contributed by atoms with van der Waals surface area (Å²) in [4.78, 5) is 34.6. The number of carbonyl (C=O) groups excluding carboxylic acids is 1. The predicted octanol–water partition coefficient (Wildman–Crippen LogP) is 3.61. The van der Waals surface area contributed by atoms with Crippen LogP contribution >= 0.6 is 11.6 Å². The quantitative estimate of drug-likeness (QED) is 0.170. The van der Waals surface area contributed by atoms with Gasteiger partial charge in [0.1, 0.15) is 17.4 Å². The summed E-state index contributed by atoms with van der Waals surface area (Å²) in [6, 6.07) is 5.67. The number of benzene rings is 1. The van der Waals surface area contributed by atoms with Crippen molar-refractivity contribution >= 4 is 40.5 Å². The minimum atomic E-state index is -4.60. The van der Waals surface area contributed by atoms with Crippen molar-refractivity contribution in [1.29, 1.82) is 0 Å². The molecule has 40 heavy (non-hydrogen) atoms. The molecule has 0 aliphatic carbocycles. The number of hydrogen-bond acceptors (Lipinski definition) is 10. The lowest BCUT2D eigenvalue weighted by atomic mass is 10.2. The Morgan fingerprint density at radius 1 is 1.27 bits per heavy atom. The molecule has 4 unspecified atom stereocenters. The Bertz CT molecular complexity index is 1330. The van der Waals surface area contributed by atoms with Gasteiger partial charge in [-0.2, -0.15) is 9.97 Å². The molecule has 218 valence electrons. The van der Waals surface area contributed by atoms with Gasteiger partial charge in [-0.05, 0) is 37.6 Å². The first-order valence-corrected chi connectivity index (χ1v) is 11.9. The fraction of sp³-hybridized carbons (Fsp3) is 0.435. The fourth-order valence-corrected chi connectivity index (χ4v) is 3.72. The third-order valence-corrected chi connectivity index (χ3v) is 5.42. The van der Waals surface area contributed by atoms with Crippen molar-refractivity contribution in [3.05, 3.63) is 41.4 Å². The number of carboxylic acids is 1. The van der Waals surface area contributed by atoms with Crippen LogP contribution in [0.2, 0.25) is 5.28 Å². The molecule has 12 nitrogen and oxygen atoms in total. The molecule has 1 aliphatic rings. The van der Waals surface area contributed by atoms with Crippen LogP contribution in [0.4, 0.5) is 23.4 Å². The molecule has 17 heteroatoms. The van der Waals surface area contributed by atoms with Gasteiger partial charge in [-0.1, -0.05) is 17.7 Å². The standard InChI is InChI=1S/C15H17ClFN5O6.C8H7F3O/c1-2-26-14(25)9(13(23)24)27-4-6-3-7(17)12(28-6)22-5-19-8-10(18)20-15(16)21-11(8)22;1-6-2-4-7(5-3-6)12-8(9,10)11/h5-7,9,12H,2-4H2,1H3,(H,23,24)(H2,18,20,21);2-5H,1H3. The number of carbonyl (C=O) groups is 2. The molecule has 1 aromatic carbocycles. The zero-order valence-corrected chi connectivity index (χ0v) is 21.7. The van der Waals surface area contributed by atoms with Crippen LogP contribution in [0.3, 0.4) is 0 Å². The molecule has 0 bridgehead atoms. The zero-order chi connectivity index (χ0) is 29.6. The number of aryl methyl sites for hydroxylation is 1. The number of esters is 1. The molecule has 3 N–H and O–H groups in total. The number of fused-ring (bicyclic) bond motifs is 1. The van der Waals surface area contributed by atoms with E-state index in [1.807, 2.05) is 0 Å². The average molecular weight is 594 g/mol. The lowest BCUT2D eigenvalue weighted by Gasteiger charge is -2.17. The monoisotopic (exact) mass is 593 g/mol. The molecule has 0 amide bonds. The number of halogens is 5. The number of rotatable bonds is 8. The van der Waals surface area contributed by atoms with Gasteiger partial charge in [0.05, 0.1) is 25.6 Å². The fourth-order valence-electron chi connectivity index (χ4n) is 3.55. The van der Waals surface area contributed by atoms with Gasteiger partial charge in [0, 0.05) is 6.42 Å². The summed E-state index contributed by atoms with van der Waals surface area (Å²) in [5, 5.41) is 8.95. The van der Waals surface area contributed by atoms with E-state index in [1.54, 1.807) is 19.1 Å². The number of nitrogens with zero attached hydrogens (tertiary/aromatic N) is 4. The highest BCUT2D eigenvalue weighted by Gasteiger charge is 2.39. The predicted molar refractivity (Wildman–Crippen MR) is 130 cm³/mol. The number of nitrogen functional groups attached to an aromatic ring is 1. The number of carboxylic acid groups (broad SMARTS) is 1. The van der Waals surface area contributed by atoms with Gasteiger partial charge in [0.25, 0.3) is 6.10 Å². The second kappa shape index (κ2) is 13.1. The van der Waals surface area contributed by atoms with E-state index in [0.717, 1.165) is 5.56 Å². The van der Waals surface area contributed by atoms with Crippen LogP contribution in [-0.2, 0) is 23.8 Å². The van der Waals surface area contributed by atoms with E-state index in [2.05, 4.69) is 24.4 Å². The highest BCUT2D eigenvalue weighted by Crippen LogP contribution is 2.34. The Kier molecular flexibility index (Phi) is 10.1. The molecule has 4 rings (SSSR count). The lowest BCUT2D eigenvalue weighted by Crippen LogP contribution is -2.36. The molecule has 3 heterocycles. The van der Waals surface area contributed by atoms with Crippen molar-refractivity contribution in [2.45, 2.75) is 51.2 Å². The highest BCUT2D eigenvalue weighted by atomic mass is 35.5. The first-order valence-electron chi connectivity index (χ1n) is 11.6. The number of imidazole rings is 1. The Labute approximate surface area is 229 Å². The number of alkyl halides is 4. The number of anilines is 1. The molecule has 0 spiro atoms. The summed E-state index contributed by atoms with van der Waals surface area (Å²) < 4.78 is 69.7. The number of hydrogen-bond donors (Lipinski definition) is 2. The number of nitrogens with two attached hydrogens (primary N) is 1. The summed E-state index contributed by atoms with van der Waals surface area (Å²) >= 11 is 5.80. The van der Waals surface area contributed by atoms with E-state index in [9.17, 15) is 27.2 Å². The SMILES string of the molecule is CCOC(=O)C(OCC1CC(F)C(n2cnc3c(N)nc(Cl)nc32)O1)C(=O)O.Cc1ccc(OC(F)(F)F)cc1. The van der Waals surface area contributed by atoms with Gasteiger partial charge >= 0.3 is 18.3 Å². The molecule has 4 atom stereocenters. The van der Waals surface area contributed by atoms with Gasteiger partial charge in [-0.25, -0.2) is 19.0 Å². The maximum absolute atomic E-state index is 14.5. The van der Waals surface area contributed by atoms with E-state index in [1.165, 1.54) is 30.0 Å². The molecule has 2 aromatic heterocycles. The molecule has 0 radical (unpaired) electrons. The van der Waals surface area contributed by atoms with E-state index < -0.39 is 42.9 Å². The summed E-state index contributed by atoms with van der Waals surface area (Å²) in [5.74, 6) is -2.69. The number of aromatic nitrogens is 4. The maximum Gasteiger partial charge on any atom is 0.573 e. The van der Waals surface area contributed by atoms with E-state index in [4.69, 9.17) is 31.9 Å². The zero-order valence-electron chi connectivity index (χ0n) is 21.0. The number of aliphatic carboxylic acids is 1. The van der Waals surface area contributed by atoms with Gasteiger partial charge in [-0.15, -0.1) is 13.2 Å². The van der Waals surface area contributed by atoms with Crippen LogP contribution in [0.25, 0.3) is 11.2 Å². The molecule has 3 aromatic rings. The first kappa shape index (κ1) is 30.8. The van der Waals surface area contributed by atoms with E-state index in [0.29, 0.717) is 0 Å². The number of ether oxygens (including phenoxy) is 4. The molecule has 1 fully saturated rings. The molecular formula is C23H24ClF4N5O7. The van der Waals surface area contributed by atoms with Gasteiger partial charge in [0.15, 0.2) is 17.7 Å². The van der Waals surface area contributed by atoms with Crippen molar-refractivity contribution in [2.75, 3.05) is 18.9 Å². The normalized spacial score (nSPS) is 19.5. The van der Waals surface area contributed by atoms with E-state index >= 15 is 0 Å². The van der Waals surface area contributed by atoms with Crippen molar-refractivity contribution in [1.82, 2.24) is 19.5 Å². The van der Waals surface area contributed by atoms with Crippen LogP contribution in [0.1, 0.15) is 25.1 Å². The molecule has 0 saturated carbocycles. The van der Waals surface area contributed by atoms with Crippen molar-refractivity contribution in [3.63, 3.8) is 0 Å². The summed E-state index contributed by atoms with van der Waals surface area (Å²) in [7, 11) is 0. The highest BCUT2D eigenvalue weighted by molar-refractivity contribution is 6.28. The van der Waals surface area contributed by atoms with Gasteiger partial charge < -0.3 is 29.8 Å². The summed E-state index contributed by atoms with van der Waals surface area (Å²) in [5.41, 5.74) is 7.06. The molecular weight excluding hydrogens is 570 g/mol. The lowest BCUT2D eigenvalue weighted by molar-refractivity contribution is -0.274. The third kappa shape index (κ3) is 8.12. The second-order valence-corrected chi connectivity index (χ2v) is 8.60. The molecule has 1 aliphatic heterocycles. The van der Waals surface area contributed by atoms with Crippen molar-refractivity contribution in [2.24, 2.45) is 0 Å². The largest absolute Gasteiger partial charge is 0.573 e. The van der Waals surface area contributed by atoms with E-state index in [-0.39, 0.29) is 47.6 Å². The van der Waals surface area contributed by atoms with Crippen LogP contribution in [0.15, 0.2) is 30.6 Å². The minimum absolute atomic E-state index is 0.00177. The average Bonchev–Trinajstić information content (AvgIpc) is 3.43. The van der Waals surface area contributed by atoms with Crippen molar-refractivity contribution in [3.8, 4) is 5.75 Å². The van der Waals surface area contributed by atoms with Gasteiger partial charge in [-0.3, -0.25) is 4.57 Å². The Morgan fingerprint density at radius 2 is 1.95 bits per heavy atom. The summed E-state index contributed by atoms with van der Waals surface area (Å²) in [6.45, 7) is 3.00. The molecule has 1 saturated heterocycles. The van der Waals surface area contributed by atoms with Crippen LogP contribution in [0, 0.1) is 6.92 Å². The summed E-state index contributed by atoms with van der Waals surface area (Å²) in [6.07, 6.45) is -8.58. The Balaban J connectivity index is 0.000000307. The van der Waals surface area contributed by atoms with Crippen LogP contribution < -0.4 is 10.5 Å². The van der Waals surface area contributed by atoms with Gasteiger partial charge in [0.2, 0.25) is 5.28 Å². The first-order chi connectivity index (χ1) is 18.8. The van der Waals surface area contributed by atoms with Crippen molar-refractivity contribution < 1.29 is 51.2 Å². The smallest absolute Gasteiger partial charge is 0.479 e.